The molecular formula is C17H28N2O3S. The topological polar surface area (TPSA) is 49.9 Å². The molecule has 1 aliphatic carbocycles. The molecule has 3 fully saturated rings. The van der Waals surface area contributed by atoms with Gasteiger partial charge in [0.05, 0.1) is 17.8 Å². The van der Waals surface area contributed by atoms with Gasteiger partial charge in [-0.1, -0.05) is 0 Å². The average Bonchev–Trinajstić information content (AvgIpc) is 3.27. The second kappa shape index (κ2) is 7.43. The van der Waals surface area contributed by atoms with Crippen LogP contribution in [0.25, 0.3) is 0 Å². The lowest BCUT2D eigenvalue weighted by Crippen LogP contribution is -2.51. The molecule has 130 valence electrons. The number of likely N-dealkylation sites (tertiary alicyclic amines) is 2. The van der Waals surface area contributed by atoms with E-state index in [0.29, 0.717) is 25.4 Å². The van der Waals surface area contributed by atoms with Crippen LogP contribution in [0.1, 0.15) is 32.1 Å². The van der Waals surface area contributed by atoms with Crippen molar-refractivity contribution in [2.75, 3.05) is 51.4 Å². The summed E-state index contributed by atoms with van der Waals surface area (Å²) in [6, 6.07) is 0. The number of amides is 2. The van der Waals surface area contributed by atoms with Gasteiger partial charge in [-0.25, -0.2) is 0 Å². The highest BCUT2D eigenvalue weighted by Gasteiger charge is 2.49. The number of nitrogens with zero attached hydrogens (tertiary/aromatic N) is 2. The Bertz CT molecular complexity index is 455. The summed E-state index contributed by atoms with van der Waals surface area (Å²) in [5.74, 6) is 3.01. The zero-order valence-corrected chi connectivity index (χ0v) is 14.9. The van der Waals surface area contributed by atoms with E-state index < -0.39 is 0 Å². The highest BCUT2D eigenvalue weighted by atomic mass is 32.2. The Morgan fingerprint density at radius 2 is 2.17 bits per heavy atom. The molecule has 23 heavy (non-hydrogen) atoms. The molecule has 2 amide bonds. The first-order valence-corrected chi connectivity index (χ1v) is 9.94. The van der Waals surface area contributed by atoms with E-state index in [-0.39, 0.29) is 17.2 Å². The minimum atomic E-state index is -0.317. The normalized spacial score (nSPS) is 28.0. The predicted octanol–water partition coefficient (Wildman–Crippen LogP) is 1.62. The largest absolute Gasteiger partial charge is 0.383 e. The molecule has 2 heterocycles. The molecule has 0 N–H and O–H groups in total. The Morgan fingerprint density at radius 3 is 2.91 bits per heavy atom. The van der Waals surface area contributed by atoms with E-state index in [1.165, 1.54) is 12.8 Å². The van der Waals surface area contributed by atoms with Gasteiger partial charge in [0.25, 0.3) is 0 Å². The first-order chi connectivity index (χ1) is 11.1. The van der Waals surface area contributed by atoms with E-state index in [1.807, 2.05) is 9.80 Å². The van der Waals surface area contributed by atoms with Gasteiger partial charge in [0.15, 0.2) is 0 Å². The lowest BCUT2D eigenvalue weighted by molar-refractivity contribution is -0.146. The zero-order valence-electron chi connectivity index (χ0n) is 14.1. The Hall–Kier alpha value is -0.750. The number of hydrogen-bond donors (Lipinski definition) is 0. The third kappa shape index (κ3) is 4.02. The van der Waals surface area contributed by atoms with Crippen LogP contribution in [0.2, 0.25) is 0 Å². The molecule has 1 atom stereocenters. The van der Waals surface area contributed by atoms with E-state index in [1.54, 1.807) is 18.9 Å². The van der Waals surface area contributed by atoms with Crippen LogP contribution in [0.4, 0.5) is 0 Å². The second-order valence-electron chi connectivity index (χ2n) is 7.19. The average molecular weight is 340 g/mol. The molecule has 2 aliphatic heterocycles. The molecule has 0 aromatic carbocycles. The van der Waals surface area contributed by atoms with Crippen molar-refractivity contribution in [2.45, 2.75) is 32.1 Å². The summed E-state index contributed by atoms with van der Waals surface area (Å²) in [6.07, 6.45) is 5.45. The monoisotopic (exact) mass is 340 g/mol. The van der Waals surface area contributed by atoms with Crippen LogP contribution in [-0.4, -0.2) is 73.0 Å². The molecule has 1 spiro atoms. The van der Waals surface area contributed by atoms with E-state index in [0.717, 1.165) is 44.0 Å². The second-order valence-corrected chi connectivity index (χ2v) is 8.22. The van der Waals surface area contributed by atoms with Gasteiger partial charge < -0.3 is 14.5 Å². The maximum Gasteiger partial charge on any atom is 0.232 e. The molecule has 0 radical (unpaired) electrons. The summed E-state index contributed by atoms with van der Waals surface area (Å²) in [4.78, 5) is 29.1. The number of rotatable bonds is 7. The minimum Gasteiger partial charge on any atom is -0.383 e. The predicted molar refractivity (Wildman–Crippen MR) is 91.4 cm³/mol. The molecule has 1 saturated carbocycles. The summed E-state index contributed by atoms with van der Waals surface area (Å²) in [5.41, 5.74) is -0.317. The summed E-state index contributed by atoms with van der Waals surface area (Å²) in [6.45, 7) is 3.45. The molecule has 0 bridgehead atoms. The van der Waals surface area contributed by atoms with E-state index >= 15 is 0 Å². The van der Waals surface area contributed by atoms with E-state index in [4.69, 9.17) is 4.74 Å². The number of carbonyl (C=O) groups is 2. The molecule has 6 heteroatoms. The van der Waals surface area contributed by atoms with Crippen LogP contribution in [0.15, 0.2) is 0 Å². The molecule has 3 aliphatic rings. The van der Waals surface area contributed by atoms with Gasteiger partial charge in [0.1, 0.15) is 0 Å². The van der Waals surface area contributed by atoms with Crippen LogP contribution in [0, 0.1) is 11.3 Å². The van der Waals surface area contributed by atoms with Crippen molar-refractivity contribution in [3.63, 3.8) is 0 Å². The number of piperidine rings is 1. The number of thioether (sulfide) groups is 1. The molecule has 0 aromatic heterocycles. The number of methoxy groups -OCH3 is 1. The Morgan fingerprint density at radius 1 is 1.35 bits per heavy atom. The molecule has 3 rings (SSSR count). The van der Waals surface area contributed by atoms with Crippen molar-refractivity contribution in [2.24, 2.45) is 11.3 Å². The third-order valence-electron chi connectivity index (χ3n) is 5.37. The molecule has 5 nitrogen and oxygen atoms in total. The molecule has 0 unspecified atom stereocenters. The van der Waals surface area contributed by atoms with Gasteiger partial charge in [0.2, 0.25) is 11.8 Å². The fourth-order valence-electron chi connectivity index (χ4n) is 3.72. The SMILES string of the molecule is COCCN1CCC[C@]2(CCN(C(=O)CSCC3CC3)C2)C1=O. The van der Waals surface area contributed by atoms with Crippen molar-refractivity contribution in [3.05, 3.63) is 0 Å². The zero-order chi connectivity index (χ0) is 16.3. The van der Waals surface area contributed by atoms with E-state index in [2.05, 4.69) is 0 Å². The quantitative estimate of drug-likeness (QED) is 0.707. The third-order valence-corrected chi connectivity index (χ3v) is 6.53. The van der Waals surface area contributed by atoms with Crippen molar-refractivity contribution in [1.82, 2.24) is 9.80 Å². The van der Waals surface area contributed by atoms with Gasteiger partial charge in [-0.15, -0.1) is 0 Å². The molecule has 0 aromatic rings. The number of carbonyl (C=O) groups excluding carboxylic acids is 2. The molecule has 2 saturated heterocycles. The maximum atomic E-state index is 12.9. The molecular weight excluding hydrogens is 312 g/mol. The van der Waals surface area contributed by atoms with Crippen LogP contribution in [0.5, 0.6) is 0 Å². The Balaban J connectivity index is 1.51. The number of hydrogen-bond acceptors (Lipinski definition) is 4. The number of ether oxygens (including phenoxy) is 1. The smallest absolute Gasteiger partial charge is 0.232 e. The fraction of sp³-hybridized carbons (Fsp3) is 0.882. The first-order valence-electron chi connectivity index (χ1n) is 8.78. The standard InChI is InChI=1S/C17H28N2O3S/c1-22-10-9-18-7-2-5-17(16(18)21)6-8-19(13-17)15(20)12-23-11-14-3-4-14/h14H,2-13H2,1H3/t17-/m1/s1. The Kier molecular flexibility index (Phi) is 5.52. The highest BCUT2D eigenvalue weighted by molar-refractivity contribution is 7.99. The van der Waals surface area contributed by atoms with Gasteiger partial charge in [0, 0.05) is 33.3 Å². The van der Waals surface area contributed by atoms with Crippen LogP contribution in [0.3, 0.4) is 0 Å². The van der Waals surface area contributed by atoms with Gasteiger partial charge in [-0.3, -0.25) is 9.59 Å². The van der Waals surface area contributed by atoms with Gasteiger partial charge in [-0.2, -0.15) is 11.8 Å². The lowest BCUT2D eigenvalue weighted by Gasteiger charge is -2.39. The lowest BCUT2D eigenvalue weighted by atomic mass is 9.78. The summed E-state index contributed by atoms with van der Waals surface area (Å²) in [7, 11) is 1.67. The van der Waals surface area contributed by atoms with Gasteiger partial charge >= 0.3 is 0 Å². The summed E-state index contributed by atoms with van der Waals surface area (Å²) >= 11 is 1.76. The van der Waals surface area contributed by atoms with Crippen molar-refractivity contribution in [3.8, 4) is 0 Å². The van der Waals surface area contributed by atoms with Crippen molar-refractivity contribution >= 4 is 23.6 Å². The van der Waals surface area contributed by atoms with Crippen molar-refractivity contribution in [1.29, 1.82) is 0 Å². The van der Waals surface area contributed by atoms with Crippen LogP contribution < -0.4 is 0 Å². The fourth-order valence-corrected chi connectivity index (χ4v) is 4.86. The van der Waals surface area contributed by atoms with Crippen LogP contribution in [-0.2, 0) is 14.3 Å². The Labute approximate surface area is 143 Å². The first kappa shape index (κ1) is 17.1. The summed E-state index contributed by atoms with van der Waals surface area (Å²) < 4.78 is 5.11. The van der Waals surface area contributed by atoms with Crippen LogP contribution >= 0.6 is 11.8 Å². The van der Waals surface area contributed by atoms with E-state index in [9.17, 15) is 9.59 Å². The summed E-state index contributed by atoms with van der Waals surface area (Å²) in [5, 5.41) is 0. The van der Waals surface area contributed by atoms with Crippen molar-refractivity contribution < 1.29 is 14.3 Å². The highest BCUT2D eigenvalue weighted by Crippen LogP contribution is 2.40. The minimum absolute atomic E-state index is 0.217. The maximum absolute atomic E-state index is 12.9. The van der Waals surface area contributed by atoms with Gasteiger partial charge in [-0.05, 0) is 43.8 Å².